The molecule has 0 unspecified atom stereocenters. The average molecular weight is 326 g/mol. The molecule has 1 saturated heterocycles. The van der Waals surface area contributed by atoms with E-state index in [9.17, 15) is 9.18 Å². The summed E-state index contributed by atoms with van der Waals surface area (Å²) in [4.78, 5) is 26.0. The third kappa shape index (κ3) is 2.33. The molecule has 2 aromatic rings. The van der Waals surface area contributed by atoms with Crippen molar-refractivity contribution in [1.82, 2.24) is 14.9 Å². The molecule has 2 aliphatic rings. The summed E-state index contributed by atoms with van der Waals surface area (Å²) in [5.41, 5.74) is 2.47. The van der Waals surface area contributed by atoms with Gasteiger partial charge in [-0.1, -0.05) is 0 Å². The molecule has 24 heavy (non-hydrogen) atoms. The first-order chi connectivity index (χ1) is 11.5. The lowest BCUT2D eigenvalue weighted by Crippen LogP contribution is -2.39. The summed E-state index contributed by atoms with van der Waals surface area (Å²) in [6.07, 6.45) is 1.17. The molecule has 6 heteroatoms. The Morgan fingerprint density at radius 1 is 1.21 bits per heavy atom. The number of hydrogen-bond donors (Lipinski definition) is 0. The topological polar surface area (TPSA) is 49.3 Å². The normalized spacial score (nSPS) is 19.2. The summed E-state index contributed by atoms with van der Waals surface area (Å²) < 4.78 is 13.1. The van der Waals surface area contributed by atoms with Gasteiger partial charge in [0.15, 0.2) is 0 Å². The van der Waals surface area contributed by atoms with Gasteiger partial charge in [-0.3, -0.25) is 4.79 Å². The second kappa shape index (κ2) is 5.54. The fourth-order valence-electron chi connectivity index (χ4n) is 3.40. The van der Waals surface area contributed by atoms with Crippen molar-refractivity contribution in [2.45, 2.75) is 32.9 Å². The second-order valence-corrected chi connectivity index (χ2v) is 6.41. The minimum atomic E-state index is -0.342. The highest BCUT2D eigenvalue weighted by atomic mass is 19.1. The van der Waals surface area contributed by atoms with Gasteiger partial charge in [0.05, 0.1) is 18.3 Å². The summed E-state index contributed by atoms with van der Waals surface area (Å²) in [6.45, 7) is 6.37. The number of amides is 1. The van der Waals surface area contributed by atoms with Crippen molar-refractivity contribution in [3.05, 3.63) is 52.7 Å². The first-order valence-corrected chi connectivity index (χ1v) is 8.23. The fourth-order valence-corrected chi connectivity index (χ4v) is 3.40. The van der Waals surface area contributed by atoms with E-state index in [1.807, 2.05) is 13.8 Å². The third-order valence-electron chi connectivity index (χ3n) is 4.83. The van der Waals surface area contributed by atoms with Crippen LogP contribution in [0.5, 0.6) is 0 Å². The quantitative estimate of drug-likeness (QED) is 0.851. The molecule has 0 aliphatic carbocycles. The van der Waals surface area contributed by atoms with Gasteiger partial charge in [-0.2, -0.15) is 0 Å². The van der Waals surface area contributed by atoms with Crippen molar-refractivity contribution >= 4 is 11.7 Å². The highest BCUT2D eigenvalue weighted by Gasteiger charge is 2.37. The van der Waals surface area contributed by atoms with Crippen LogP contribution < -0.4 is 4.90 Å². The number of hydrogen-bond acceptors (Lipinski definition) is 4. The molecule has 1 atom stereocenters. The first-order valence-electron chi connectivity index (χ1n) is 8.23. The largest absolute Gasteiger partial charge is 0.356 e. The van der Waals surface area contributed by atoms with Gasteiger partial charge >= 0.3 is 0 Å². The van der Waals surface area contributed by atoms with E-state index in [1.165, 1.54) is 30.7 Å². The number of benzene rings is 1. The number of aromatic nitrogens is 2. The maximum atomic E-state index is 13.1. The van der Waals surface area contributed by atoms with E-state index >= 15 is 0 Å². The molecule has 124 valence electrons. The van der Waals surface area contributed by atoms with Gasteiger partial charge in [0, 0.05) is 24.2 Å². The molecule has 2 aliphatic heterocycles. The summed E-state index contributed by atoms with van der Waals surface area (Å²) in [7, 11) is 0. The number of halogens is 1. The summed E-state index contributed by atoms with van der Waals surface area (Å²) >= 11 is 0. The maximum absolute atomic E-state index is 13.1. The standard InChI is InChI=1S/C18H19FN4O/c1-11-16-15(20-12(2)21-17(16)22-8-3-9-22)10-23(11)18(24)13-4-6-14(19)7-5-13/h4-7,11H,3,8-10H2,1-2H3/t11-/m1/s1. The number of aryl methyl sites for hydroxylation is 1. The highest BCUT2D eigenvalue weighted by Crippen LogP contribution is 2.39. The lowest BCUT2D eigenvalue weighted by molar-refractivity contribution is 0.0704. The minimum absolute atomic E-state index is 0.0891. The van der Waals surface area contributed by atoms with Crippen LogP contribution in [0.4, 0.5) is 10.2 Å². The summed E-state index contributed by atoms with van der Waals surface area (Å²) in [5, 5.41) is 0. The molecule has 1 fully saturated rings. The predicted molar refractivity (Wildman–Crippen MR) is 88.3 cm³/mol. The molecule has 1 aromatic heterocycles. The number of nitrogens with zero attached hydrogens (tertiary/aromatic N) is 4. The van der Waals surface area contributed by atoms with Crippen molar-refractivity contribution in [2.24, 2.45) is 0 Å². The summed E-state index contributed by atoms with van der Waals surface area (Å²) in [5.74, 6) is 1.25. The molecule has 0 saturated carbocycles. The molecule has 0 radical (unpaired) electrons. The molecule has 1 aromatic carbocycles. The van der Waals surface area contributed by atoms with E-state index in [1.54, 1.807) is 4.90 Å². The van der Waals surface area contributed by atoms with Crippen LogP contribution in [0, 0.1) is 12.7 Å². The molecule has 1 amide bonds. The van der Waals surface area contributed by atoms with Crippen LogP contribution in [0.15, 0.2) is 24.3 Å². The van der Waals surface area contributed by atoms with Crippen molar-refractivity contribution in [2.75, 3.05) is 18.0 Å². The Bertz CT molecular complexity index is 801. The van der Waals surface area contributed by atoms with Crippen LogP contribution in [0.3, 0.4) is 0 Å². The van der Waals surface area contributed by atoms with Crippen molar-refractivity contribution in [3.8, 4) is 0 Å². The highest BCUT2D eigenvalue weighted by molar-refractivity contribution is 5.95. The molecule has 0 spiro atoms. The minimum Gasteiger partial charge on any atom is -0.356 e. The number of carbonyl (C=O) groups is 1. The molecular formula is C18H19FN4O. The lowest BCUT2D eigenvalue weighted by Gasteiger charge is -2.34. The van der Waals surface area contributed by atoms with E-state index in [2.05, 4.69) is 14.9 Å². The van der Waals surface area contributed by atoms with Crippen molar-refractivity contribution < 1.29 is 9.18 Å². The Labute approximate surface area is 140 Å². The molecule has 0 bridgehead atoms. The van der Waals surface area contributed by atoms with Crippen LogP contribution in [0.25, 0.3) is 0 Å². The van der Waals surface area contributed by atoms with E-state index in [4.69, 9.17) is 0 Å². The van der Waals surface area contributed by atoms with Crippen LogP contribution in [0.2, 0.25) is 0 Å². The molecule has 0 N–H and O–H groups in total. The number of rotatable bonds is 2. The van der Waals surface area contributed by atoms with E-state index < -0.39 is 0 Å². The number of anilines is 1. The van der Waals surface area contributed by atoms with Crippen LogP contribution in [0.1, 0.15) is 46.8 Å². The average Bonchev–Trinajstić information content (AvgIpc) is 2.82. The zero-order valence-electron chi connectivity index (χ0n) is 13.8. The van der Waals surface area contributed by atoms with Gasteiger partial charge in [0.1, 0.15) is 17.5 Å². The smallest absolute Gasteiger partial charge is 0.254 e. The van der Waals surface area contributed by atoms with Crippen molar-refractivity contribution in [1.29, 1.82) is 0 Å². The van der Waals surface area contributed by atoms with Crippen LogP contribution in [-0.2, 0) is 6.54 Å². The number of carbonyl (C=O) groups excluding carboxylic acids is 1. The molecule has 5 nitrogen and oxygen atoms in total. The zero-order valence-corrected chi connectivity index (χ0v) is 13.8. The zero-order chi connectivity index (χ0) is 16.8. The van der Waals surface area contributed by atoms with Crippen molar-refractivity contribution in [3.63, 3.8) is 0 Å². The van der Waals surface area contributed by atoms with Gasteiger partial charge in [0.25, 0.3) is 5.91 Å². The third-order valence-corrected chi connectivity index (χ3v) is 4.83. The number of fused-ring (bicyclic) bond motifs is 1. The van der Waals surface area contributed by atoms with Crippen LogP contribution in [-0.4, -0.2) is 33.9 Å². The van der Waals surface area contributed by atoms with E-state index in [-0.39, 0.29) is 17.8 Å². The summed E-state index contributed by atoms with van der Waals surface area (Å²) in [6, 6.07) is 5.60. The monoisotopic (exact) mass is 326 g/mol. The predicted octanol–water partition coefficient (Wildman–Crippen LogP) is 2.85. The Hall–Kier alpha value is -2.50. The van der Waals surface area contributed by atoms with Gasteiger partial charge in [-0.05, 0) is 44.5 Å². The maximum Gasteiger partial charge on any atom is 0.254 e. The SMILES string of the molecule is Cc1nc2c(c(N3CCC3)n1)[C@@H](C)N(C(=O)c1ccc(F)cc1)C2. The van der Waals surface area contributed by atoms with Gasteiger partial charge in [-0.25, -0.2) is 14.4 Å². The first kappa shape index (κ1) is 15.1. The van der Waals surface area contributed by atoms with E-state index in [0.717, 1.165) is 36.0 Å². The van der Waals surface area contributed by atoms with Crippen LogP contribution >= 0.6 is 0 Å². The Morgan fingerprint density at radius 2 is 1.92 bits per heavy atom. The molecular weight excluding hydrogens is 307 g/mol. The van der Waals surface area contributed by atoms with E-state index in [0.29, 0.717) is 12.1 Å². The molecule has 3 heterocycles. The fraction of sp³-hybridized carbons (Fsp3) is 0.389. The Kier molecular flexibility index (Phi) is 3.48. The van der Waals surface area contributed by atoms with Gasteiger partial charge < -0.3 is 9.80 Å². The van der Waals surface area contributed by atoms with Gasteiger partial charge in [-0.15, -0.1) is 0 Å². The van der Waals surface area contributed by atoms with Gasteiger partial charge in [0.2, 0.25) is 0 Å². The lowest BCUT2D eigenvalue weighted by atomic mass is 10.1. The molecule has 4 rings (SSSR count). The Balaban J connectivity index is 1.68. The Morgan fingerprint density at radius 3 is 2.54 bits per heavy atom. The second-order valence-electron chi connectivity index (χ2n) is 6.41.